The Bertz CT molecular complexity index is 414. The monoisotopic (exact) mass is 277 g/mol. The molecule has 0 fully saturated rings. The van der Waals surface area contributed by atoms with Gasteiger partial charge in [0.2, 0.25) is 0 Å². The Kier molecular flexibility index (Phi) is 5.35. The van der Waals surface area contributed by atoms with Crippen molar-refractivity contribution >= 4 is 0 Å². The summed E-state index contributed by atoms with van der Waals surface area (Å²) < 4.78 is 51.1. The molecule has 0 heterocycles. The molecule has 0 saturated carbocycles. The fraction of sp³-hybridized carbons (Fsp3) is 0.571. The van der Waals surface area contributed by atoms with Gasteiger partial charge in [0.25, 0.3) is 0 Å². The van der Waals surface area contributed by atoms with Gasteiger partial charge in [-0.25, -0.2) is 4.39 Å². The van der Waals surface area contributed by atoms with E-state index in [0.29, 0.717) is 5.56 Å². The van der Waals surface area contributed by atoms with Crippen LogP contribution in [-0.4, -0.2) is 13.1 Å². The molecule has 0 spiro atoms. The van der Waals surface area contributed by atoms with Crippen molar-refractivity contribution in [3.8, 4) is 0 Å². The maximum absolute atomic E-state index is 13.2. The zero-order chi connectivity index (χ0) is 14.6. The second kappa shape index (κ2) is 6.37. The third-order valence-electron chi connectivity index (χ3n) is 3.39. The van der Waals surface area contributed by atoms with Crippen molar-refractivity contribution in [1.82, 2.24) is 5.32 Å². The average molecular weight is 277 g/mol. The van der Waals surface area contributed by atoms with Gasteiger partial charge in [0.1, 0.15) is 5.82 Å². The molecule has 1 aromatic carbocycles. The van der Waals surface area contributed by atoms with Crippen molar-refractivity contribution in [2.24, 2.45) is 5.92 Å². The Morgan fingerprint density at radius 1 is 1.21 bits per heavy atom. The molecule has 1 nitrogen and oxygen atoms in total. The first-order valence-corrected chi connectivity index (χ1v) is 6.34. The first kappa shape index (κ1) is 16.0. The van der Waals surface area contributed by atoms with Crippen LogP contribution in [0.2, 0.25) is 0 Å². The number of halogens is 4. The van der Waals surface area contributed by atoms with Gasteiger partial charge in [-0.1, -0.05) is 26.8 Å². The third-order valence-corrected chi connectivity index (χ3v) is 3.39. The van der Waals surface area contributed by atoms with Crippen molar-refractivity contribution < 1.29 is 17.6 Å². The molecule has 0 bridgehead atoms. The molecule has 0 aliphatic heterocycles. The molecule has 0 saturated heterocycles. The fourth-order valence-electron chi connectivity index (χ4n) is 1.92. The maximum Gasteiger partial charge on any atom is 0.419 e. The minimum absolute atomic E-state index is 0.0688. The maximum atomic E-state index is 13.2. The van der Waals surface area contributed by atoms with Gasteiger partial charge < -0.3 is 5.32 Å². The highest BCUT2D eigenvalue weighted by Gasteiger charge is 2.34. The van der Waals surface area contributed by atoms with E-state index < -0.39 is 17.6 Å². The Morgan fingerprint density at radius 2 is 1.84 bits per heavy atom. The molecule has 1 N–H and O–H groups in total. The topological polar surface area (TPSA) is 12.0 Å². The van der Waals surface area contributed by atoms with E-state index in [9.17, 15) is 17.6 Å². The normalized spacial score (nSPS) is 15.3. The largest absolute Gasteiger partial charge is 0.419 e. The number of rotatable bonds is 5. The quantitative estimate of drug-likeness (QED) is 0.796. The standard InChI is InChI=1S/C14H19F4N/c1-4-19-8-9(2)10(3)11-5-6-13(15)12(7-11)14(16,17)18/h5-7,9-10,19H,4,8H2,1-3H3. The van der Waals surface area contributed by atoms with Crippen molar-refractivity contribution in [1.29, 1.82) is 0 Å². The number of hydrogen-bond acceptors (Lipinski definition) is 1. The van der Waals surface area contributed by atoms with Gasteiger partial charge in [-0.05, 0) is 42.6 Å². The van der Waals surface area contributed by atoms with Crippen LogP contribution in [0.25, 0.3) is 0 Å². The lowest BCUT2D eigenvalue weighted by molar-refractivity contribution is -0.140. The molecule has 2 atom stereocenters. The molecule has 0 radical (unpaired) electrons. The number of alkyl halides is 3. The summed E-state index contributed by atoms with van der Waals surface area (Å²) in [5, 5.41) is 3.16. The summed E-state index contributed by atoms with van der Waals surface area (Å²) in [6.45, 7) is 7.32. The van der Waals surface area contributed by atoms with Gasteiger partial charge in [0.15, 0.2) is 0 Å². The second-order valence-corrected chi connectivity index (χ2v) is 4.81. The van der Waals surface area contributed by atoms with E-state index in [0.717, 1.165) is 25.2 Å². The van der Waals surface area contributed by atoms with Gasteiger partial charge in [-0.3, -0.25) is 0 Å². The van der Waals surface area contributed by atoms with Crippen LogP contribution >= 0.6 is 0 Å². The van der Waals surface area contributed by atoms with Crippen LogP contribution in [0.1, 0.15) is 37.8 Å². The van der Waals surface area contributed by atoms with Crippen LogP contribution in [0.3, 0.4) is 0 Å². The van der Waals surface area contributed by atoms with E-state index in [4.69, 9.17) is 0 Å². The number of benzene rings is 1. The zero-order valence-electron chi connectivity index (χ0n) is 11.3. The van der Waals surface area contributed by atoms with Crippen LogP contribution in [0, 0.1) is 11.7 Å². The van der Waals surface area contributed by atoms with Crippen LogP contribution in [-0.2, 0) is 6.18 Å². The van der Waals surface area contributed by atoms with E-state index in [-0.39, 0.29) is 11.8 Å². The molecule has 0 aliphatic rings. The summed E-state index contributed by atoms with van der Waals surface area (Å²) in [5.74, 6) is -1.12. The molecule has 2 unspecified atom stereocenters. The number of hydrogen-bond donors (Lipinski definition) is 1. The van der Waals surface area contributed by atoms with E-state index >= 15 is 0 Å². The smallest absolute Gasteiger partial charge is 0.317 e. The minimum Gasteiger partial charge on any atom is -0.317 e. The highest BCUT2D eigenvalue weighted by Crippen LogP contribution is 2.34. The summed E-state index contributed by atoms with van der Waals surface area (Å²) in [7, 11) is 0. The highest BCUT2D eigenvalue weighted by molar-refractivity contribution is 5.29. The summed E-state index contributed by atoms with van der Waals surface area (Å²) in [4.78, 5) is 0. The zero-order valence-corrected chi connectivity index (χ0v) is 11.3. The van der Waals surface area contributed by atoms with Crippen molar-refractivity contribution in [3.05, 3.63) is 35.1 Å². The van der Waals surface area contributed by atoms with Gasteiger partial charge >= 0.3 is 6.18 Å². The summed E-state index contributed by atoms with van der Waals surface area (Å²) in [6.07, 6.45) is -4.65. The lowest BCUT2D eigenvalue weighted by Crippen LogP contribution is -2.24. The fourth-order valence-corrected chi connectivity index (χ4v) is 1.92. The van der Waals surface area contributed by atoms with E-state index in [2.05, 4.69) is 5.32 Å². The summed E-state index contributed by atoms with van der Waals surface area (Å²) >= 11 is 0. The van der Waals surface area contributed by atoms with Gasteiger partial charge in [-0.15, -0.1) is 0 Å². The molecule has 0 aliphatic carbocycles. The lowest BCUT2D eigenvalue weighted by Gasteiger charge is -2.21. The molecule has 0 amide bonds. The predicted molar refractivity (Wildman–Crippen MR) is 67.5 cm³/mol. The van der Waals surface area contributed by atoms with Crippen LogP contribution in [0.15, 0.2) is 18.2 Å². The molecule has 5 heteroatoms. The van der Waals surface area contributed by atoms with E-state index in [1.54, 1.807) is 0 Å². The molecule has 108 valence electrons. The SMILES string of the molecule is CCNCC(C)C(C)c1ccc(F)c(C(F)(F)F)c1. The van der Waals surface area contributed by atoms with Gasteiger partial charge in [0, 0.05) is 0 Å². The summed E-state index contributed by atoms with van der Waals surface area (Å²) in [5.41, 5.74) is -0.674. The molecule has 0 aromatic heterocycles. The second-order valence-electron chi connectivity index (χ2n) is 4.81. The molecular formula is C14H19F4N. The van der Waals surface area contributed by atoms with Crippen LogP contribution < -0.4 is 5.32 Å². The van der Waals surface area contributed by atoms with E-state index in [1.165, 1.54) is 6.07 Å². The first-order chi connectivity index (χ1) is 8.77. The third kappa shape index (κ3) is 4.20. The highest BCUT2D eigenvalue weighted by atomic mass is 19.4. The molecule has 1 aromatic rings. The Morgan fingerprint density at radius 3 is 2.37 bits per heavy atom. The predicted octanol–water partition coefficient (Wildman–Crippen LogP) is 4.19. The van der Waals surface area contributed by atoms with Crippen molar-refractivity contribution in [2.45, 2.75) is 32.9 Å². The van der Waals surface area contributed by atoms with Gasteiger partial charge in [0.05, 0.1) is 5.56 Å². The molecule has 19 heavy (non-hydrogen) atoms. The Balaban J connectivity index is 2.95. The summed E-state index contributed by atoms with van der Waals surface area (Å²) in [6, 6.07) is 3.24. The van der Waals surface area contributed by atoms with Crippen molar-refractivity contribution in [2.75, 3.05) is 13.1 Å². The van der Waals surface area contributed by atoms with E-state index in [1.807, 2.05) is 20.8 Å². The van der Waals surface area contributed by atoms with Gasteiger partial charge in [-0.2, -0.15) is 13.2 Å². The minimum atomic E-state index is -4.65. The molecule has 1 rings (SSSR count). The lowest BCUT2D eigenvalue weighted by atomic mass is 9.88. The Labute approximate surface area is 111 Å². The first-order valence-electron chi connectivity index (χ1n) is 6.34. The average Bonchev–Trinajstić information content (AvgIpc) is 2.34. The number of nitrogens with one attached hydrogen (secondary N) is 1. The van der Waals surface area contributed by atoms with Crippen LogP contribution in [0.4, 0.5) is 17.6 Å². The van der Waals surface area contributed by atoms with Crippen molar-refractivity contribution in [3.63, 3.8) is 0 Å². The Hall–Kier alpha value is -1.10. The molecular weight excluding hydrogens is 258 g/mol. The van der Waals surface area contributed by atoms with Crippen LogP contribution in [0.5, 0.6) is 0 Å².